The maximum absolute atomic E-state index is 13.8. The van der Waals surface area contributed by atoms with Gasteiger partial charge in [0.25, 0.3) is 0 Å². The summed E-state index contributed by atoms with van der Waals surface area (Å²) in [5.74, 6) is 0.499. The van der Waals surface area contributed by atoms with Gasteiger partial charge in [-0.15, -0.1) is 0 Å². The third-order valence-electron chi connectivity index (χ3n) is 4.18. The summed E-state index contributed by atoms with van der Waals surface area (Å²) in [4.78, 5) is 0. The summed E-state index contributed by atoms with van der Waals surface area (Å²) >= 11 is 0. The average molecular weight is 332 g/mol. The van der Waals surface area contributed by atoms with E-state index in [-0.39, 0.29) is 11.7 Å². The molecular weight excluding hydrogens is 311 g/mol. The smallest absolute Gasteiger partial charge is 0.154 e. The number of hydrogen-bond acceptors (Lipinski definition) is 6. The van der Waals surface area contributed by atoms with Crippen LogP contribution >= 0.6 is 0 Å². The van der Waals surface area contributed by atoms with Gasteiger partial charge in [-0.05, 0) is 24.3 Å². The van der Waals surface area contributed by atoms with Gasteiger partial charge in [-0.1, -0.05) is 6.92 Å². The Bertz CT molecular complexity index is 774. The topological polar surface area (TPSA) is 117 Å². The molecular formula is C16H21FN6O. The number of anilines is 2. The van der Waals surface area contributed by atoms with Crippen molar-refractivity contribution in [2.75, 3.05) is 24.2 Å². The van der Waals surface area contributed by atoms with E-state index in [9.17, 15) is 4.39 Å². The highest BCUT2D eigenvalue weighted by molar-refractivity contribution is 5.68. The Morgan fingerprint density at radius 2 is 2.25 bits per heavy atom. The highest BCUT2D eigenvalue weighted by atomic mass is 19.1. The number of halogens is 1. The van der Waals surface area contributed by atoms with E-state index in [1.807, 2.05) is 6.92 Å². The number of rotatable bonds is 5. The first-order valence-corrected chi connectivity index (χ1v) is 7.66. The van der Waals surface area contributed by atoms with Gasteiger partial charge in [0.05, 0.1) is 11.9 Å². The Kier molecular flexibility index (Phi) is 4.16. The van der Waals surface area contributed by atoms with E-state index in [1.165, 1.54) is 12.1 Å². The molecule has 2 atom stereocenters. The summed E-state index contributed by atoms with van der Waals surface area (Å²) in [5, 5.41) is 7.30. The zero-order valence-electron chi connectivity index (χ0n) is 13.4. The highest BCUT2D eigenvalue weighted by Crippen LogP contribution is 2.37. The zero-order valence-corrected chi connectivity index (χ0v) is 13.4. The third kappa shape index (κ3) is 2.81. The molecule has 128 valence electrons. The molecule has 1 aromatic heterocycles. The van der Waals surface area contributed by atoms with Gasteiger partial charge in [0, 0.05) is 24.2 Å². The van der Waals surface area contributed by atoms with Gasteiger partial charge in [-0.3, -0.25) is 0 Å². The molecule has 0 radical (unpaired) electrons. The molecule has 1 aliphatic rings. The molecule has 7 nitrogen and oxygen atoms in total. The lowest BCUT2D eigenvalue weighted by Crippen LogP contribution is -2.52. The largest absolute Gasteiger partial charge is 0.492 e. The molecule has 0 spiro atoms. The molecule has 1 aliphatic heterocycles. The van der Waals surface area contributed by atoms with Gasteiger partial charge in [0.2, 0.25) is 0 Å². The fraction of sp³-hybridized carbons (Fsp3) is 0.312. The summed E-state index contributed by atoms with van der Waals surface area (Å²) in [7, 11) is 0. The maximum atomic E-state index is 13.8. The fourth-order valence-corrected chi connectivity index (χ4v) is 2.73. The first-order valence-electron chi connectivity index (χ1n) is 7.66. The van der Waals surface area contributed by atoms with Crippen LogP contribution in [0, 0.1) is 5.82 Å². The van der Waals surface area contributed by atoms with Crippen molar-refractivity contribution in [3.8, 4) is 5.75 Å². The Hall–Kier alpha value is -2.58. The van der Waals surface area contributed by atoms with E-state index >= 15 is 0 Å². The van der Waals surface area contributed by atoms with E-state index in [1.54, 1.807) is 29.2 Å². The summed E-state index contributed by atoms with van der Waals surface area (Å²) in [6.45, 7) is 2.60. The Morgan fingerprint density at radius 3 is 3.00 bits per heavy atom. The van der Waals surface area contributed by atoms with E-state index in [0.29, 0.717) is 36.0 Å². The monoisotopic (exact) mass is 332 g/mol. The quantitative estimate of drug-likeness (QED) is 0.655. The van der Waals surface area contributed by atoms with Crippen LogP contribution in [-0.2, 0) is 0 Å². The van der Waals surface area contributed by atoms with Gasteiger partial charge < -0.3 is 27.3 Å². The van der Waals surface area contributed by atoms with Crippen molar-refractivity contribution in [2.24, 2.45) is 11.5 Å². The lowest BCUT2D eigenvalue weighted by Gasteiger charge is -2.37. The first kappa shape index (κ1) is 16.3. The number of ether oxygens (including phenoxy) is 1. The Balaban J connectivity index is 1.95. The van der Waals surface area contributed by atoms with Crippen LogP contribution < -0.4 is 27.3 Å². The van der Waals surface area contributed by atoms with Crippen LogP contribution in [0.3, 0.4) is 0 Å². The molecule has 0 amide bonds. The van der Waals surface area contributed by atoms with Crippen LogP contribution in [0.2, 0.25) is 0 Å². The second kappa shape index (κ2) is 6.14. The summed E-state index contributed by atoms with van der Waals surface area (Å²) in [6, 6.07) is 4.36. The van der Waals surface area contributed by atoms with Crippen molar-refractivity contribution in [3.05, 3.63) is 41.9 Å². The molecule has 3 rings (SSSR count). The first-order chi connectivity index (χ1) is 11.4. The standard InChI is InChI=1S/C16H21FN6O/c1-10(12-8-11(17)2-3-14(12)24-7-5-18)16(20)4-6-23-15(22-16)13(19)9-21-23/h2-4,6,8-10,22H,5,7,18-20H2,1H3. The minimum absolute atomic E-state index is 0.305. The lowest BCUT2D eigenvalue weighted by molar-refractivity contribution is 0.318. The summed E-state index contributed by atoms with van der Waals surface area (Å²) in [6.07, 6.45) is 5.05. The Labute approximate surface area is 139 Å². The SMILES string of the molecule is CC(c1cc(F)ccc1OCCN)C1(N)C=Cn2ncc(N)c2N1. The van der Waals surface area contributed by atoms with Crippen LogP contribution in [0.4, 0.5) is 15.9 Å². The lowest BCUT2D eigenvalue weighted by atomic mass is 9.86. The number of nitrogens with one attached hydrogen (secondary N) is 1. The van der Waals surface area contributed by atoms with Crippen molar-refractivity contribution >= 4 is 17.7 Å². The van der Waals surface area contributed by atoms with E-state index in [0.717, 1.165) is 0 Å². The predicted molar refractivity (Wildman–Crippen MR) is 91.9 cm³/mol. The van der Waals surface area contributed by atoms with Crippen molar-refractivity contribution in [1.82, 2.24) is 9.78 Å². The molecule has 1 aromatic carbocycles. The van der Waals surface area contributed by atoms with Crippen LogP contribution in [0.1, 0.15) is 18.4 Å². The number of hydrogen-bond donors (Lipinski definition) is 4. The van der Waals surface area contributed by atoms with Crippen molar-refractivity contribution in [1.29, 1.82) is 0 Å². The normalized spacial score (nSPS) is 20.3. The van der Waals surface area contributed by atoms with Crippen LogP contribution in [0.15, 0.2) is 30.5 Å². The molecule has 0 aliphatic carbocycles. The summed E-state index contributed by atoms with van der Waals surface area (Å²) < 4.78 is 21.0. The van der Waals surface area contributed by atoms with Crippen molar-refractivity contribution in [2.45, 2.75) is 18.5 Å². The molecule has 0 saturated heterocycles. The molecule has 0 fully saturated rings. The van der Waals surface area contributed by atoms with Gasteiger partial charge in [-0.2, -0.15) is 5.10 Å². The molecule has 2 aromatic rings. The van der Waals surface area contributed by atoms with Crippen LogP contribution in [-0.4, -0.2) is 28.6 Å². The zero-order chi connectivity index (χ0) is 17.3. The van der Waals surface area contributed by atoms with E-state index in [4.69, 9.17) is 21.9 Å². The molecule has 7 N–H and O–H groups in total. The van der Waals surface area contributed by atoms with Crippen molar-refractivity contribution in [3.63, 3.8) is 0 Å². The van der Waals surface area contributed by atoms with Gasteiger partial charge >= 0.3 is 0 Å². The van der Waals surface area contributed by atoms with Gasteiger partial charge in [0.1, 0.15) is 23.8 Å². The molecule has 0 saturated carbocycles. The van der Waals surface area contributed by atoms with E-state index in [2.05, 4.69) is 10.4 Å². The number of benzene rings is 1. The van der Waals surface area contributed by atoms with Gasteiger partial charge in [-0.25, -0.2) is 9.07 Å². The second-order valence-corrected chi connectivity index (χ2v) is 5.81. The predicted octanol–water partition coefficient (Wildman–Crippen LogP) is 1.30. The minimum Gasteiger partial charge on any atom is -0.492 e. The fourth-order valence-electron chi connectivity index (χ4n) is 2.73. The number of nitrogen functional groups attached to an aromatic ring is 1. The molecule has 0 bridgehead atoms. The maximum Gasteiger partial charge on any atom is 0.154 e. The molecule has 8 heteroatoms. The molecule has 24 heavy (non-hydrogen) atoms. The Morgan fingerprint density at radius 1 is 1.46 bits per heavy atom. The number of nitrogens with two attached hydrogens (primary N) is 3. The number of aromatic nitrogens is 2. The highest BCUT2D eigenvalue weighted by Gasteiger charge is 2.36. The van der Waals surface area contributed by atoms with Crippen LogP contribution in [0.25, 0.3) is 6.20 Å². The van der Waals surface area contributed by atoms with E-state index < -0.39 is 5.66 Å². The number of nitrogens with zero attached hydrogens (tertiary/aromatic N) is 2. The van der Waals surface area contributed by atoms with Crippen LogP contribution in [0.5, 0.6) is 5.75 Å². The number of fused-ring (bicyclic) bond motifs is 1. The second-order valence-electron chi connectivity index (χ2n) is 5.81. The van der Waals surface area contributed by atoms with Gasteiger partial charge in [0.15, 0.2) is 5.82 Å². The summed E-state index contributed by atoms with van der Waals surface area (Å²) in [5.41, 5.74) is 18.1. The molecule has 2 heterocycles. The third-order valence-corrected chi connectivity index (χ3v) is 4.18. The van der Waals surface area contributed by atoms with Crippen molar-refractivity contribution < 1.29 is 9.13 Å². The minimum atomic E-state index is -0.973. The average Bonchev–Trinajstić information content (AvgIpc) is 2.93. The molecule has 2 unspecified atom stereocenters.